The molecule has 0 aliphatic rings. The van der Waals surface area contributed by atoms with Gasteiger partial charge in [-0.25, -0.2) is 0 Å². The summed E-state index contributed by atoms with van der Waals surface area (Å²) in [4.78, 5) is 16.2. The number of halogens is 1. The zero-order valence-electron chi connectivity index (χ0n) is 13.9. The molecule has 1 aromatic rings. The second-order valence-electron chi connectivity index (χ2n) is 5.05. The van der Waals surface area contributed by atoms with E-state index < -0.39 is 0 Å². The molecule has 0 aromatic carbocycles. The Balaban J connectivity index is 0.00000441. The topological polar surface area (TPSA) is 58.4 Å². The van der Waals surface area contributed by atoms with E-state index in [1.165, 1.54) is 0 Å². The number of unbranched alkanes of at least 4 members (excludes halogenated alkanes) is 1. The molecule has 1 aromatic heterocycles. The first-order valence-electron chi connectivity index (χ1n) is 7.87. The fourth-order valence-corrected chi connectivity index (χ4v) is 2.08. The van der Waals surface area contributed by atoms with Crippen LogP contribution in [-0.4, -0.2) is 30.2 Å². The lowest BCUT2D eigenvalue weighted by Crippen LogP contribution is -2.38. The zero-order chi connectivity index (χ0) is 15.5. The van der Waals surface area contributed by atoms with Gasteiger partial charge in [0.05, 0.1) is 0 Å². The lowest BCUT2D eigenvalue weighted by molar-refractivity contribution is 0.575. The van der Waals surface area contributed by atoms with Crippen LogP contribution in [0.25, 0.3) is 0 Å². The smallest absolute Gasteiger partial charge is 0.250 e. The van der Waals surface area contributed by atoms with E-state index in [1.54, 1.807) is 6.07 Å². The minimum atomic E-state index is 0. The number of pyridine rings is 1. The van der Waals surface area contributed by atoms with Gasteiger partial charge in [-0.3, -0.25) is 9.79 Å². The molecule has 0 aliphatic carbocycles. The van der Waals surface area contributed by atoms with Crippen molar-refractivity contribution in [2.45, 2.75) is 46.6 Å². The van der Waals surface area contributed by atoms with Crippen LogP contribution < -0.4 is 16.2 Å². The van der Waals surface area contributed by atoms with E-state index in [9.17, 15) is 4.79 Å². The van der Waals surface area contributed by atoms with E-state index in [0.29, 0.717) is 0 Å². The van der Waals surface area contributed by atoms with Gasteiger partial charge in [0.15, 0.2) is 5.96 Å². The van der Waals surface area contributed by atoms with Crippen LogP contribution in [-0.2, 0) is 6.54 Å². The second-order valence-corrected chi connectivity index (χ2v) is 5.05. The Morgan fingerprint density at radius 2 is 2.00 bits per heavy atom. The van der Waals surface area contributed by atoms with Crippen molar-refractivity contribution in [2.75, 3.05) is 19.6 Å². The van der Waals surface area contributed by atoms with Crippen molar-refractivity contribution in [2.24, 2.45) is 4.99 Å². The average Bonchev–Trinajstić information content (AvgIpc) is 2.47. The van der Waals surface area contributed by atoms with Gasteiger partial charge in [-0.2, -0.15) is 0 Å². The molecule has 6 heteroatoms. The van der Waals surface area contributed by atoms with Crippen LogP contribution in [0.3, 0.4) is 0 Å². The Labute approximate surface area is 150 Å². The summed E-state index contributed by atoms with van der Waals surface area (Å²) in [5.41, 5.74) is 1.11. The molecule has 2 N–H and O–H groups in total. The molecule has 0 spiro atoms. The maximum Gasteiger partial charge on any atom is 0.250 e. The molecule has 0 amide bonds. The summed E-state index contributed by atoms with van der Waals surface area (Å²) in [6.07, 6.45) is 3.04. The van der Waals surface area contributed by atoms with Crippen molar-refractivity contribution in [1.82, 2.24) is 15.2 Å². The Kier molecular flexibility index (Phi) is 11.9. The number of aliphatic imine (C=N–C) groups is 1. The Morgan fingerprint density at radius 1 is 1.23 bits per heavy atom. The molecule has 1 heterocycles. The van der Waals surface area contributed by atoms with E-state index >= 15 is 0 Å². The minimum Gasteiger partial charge on any atom is -0.357 e. The molecule has 0 unspecified atom stereocenters. The highest BCUT2D eigenvalue weighted by Crippen LogP contribution is 1.97. The molecule has 0 fully saturated rings. The van der Waals surface area contributed by atoms with E-state index in [0.717, 1.165) is 57.1 Å². The van der Waals surface area contributed by atoms with Crippen molar-refractivity contribution in [3.8, 4) is 0 Å². The van der Waals surface area contributed by atoms with E-state index in [-0.39, 0.29) is 29.5 Å². The number of aryl methyl sites for hydroxylation is 1. The van der Waals surface area contributed by atoms with Crippen molar-refractivity contribution in [1.29, 1.82) is 0 Å². The number of hydrogen-bond donors (Lipinski definition) is 2. The fourth-order valence-electron chi connectivity index (χ4n) is 2.08. The summed E-state index contributed by atoms with van der Waals surface area (Å²) in [7, 11) is 0. The highest BCUT2D eigenvalue weighted by molar-refractivity contribution is 14.0. The lowest BCUT2D eigenvalue weighted by atomic mass is 10.3. The number of nitrogens with one attached hydrogen (secondary N) is 2. The van der Waals surface area contributed by atoms with E-state index in [2.05, 4.69) is 29.5 Å². The maximum atomic E-state index is 11.7. The van der Waals surface area contributed by atoms with Crippen LogP contribution in [0, 0.1) is 6.92 Å². The summed E-state index contributed by atoms with van der Waals surface area (Å²) in [6.45, 7) is 9.51. The number of hydrogen-bond acceptors (Lipinski definition) is 2. The van der Waals surface area contributed by atoms with Crippen LogP contribution in [0.15, 0.2) is 28.0 Å². The minimum absolute atomic E-state index is 0. The Morgan fingerprint density at radius 3 is 2.64 bits per heavy atom. The van der Waals surface area contributed by atoms with Crippen molar-refractivity contribution in [3.63, 3.8) is 0 Å². The zero-order valence-corrected chi connectivity index (χ0v) is 16.2. The van der Waals surface area contributed by atoms with Gasteiger partial charge in [0.25, 0.3) is 5.56 Å². The molecular weight excluding hydrogens is 391 g/mol. The van der Waals surface area contributed by atoms with Gasteiger partial charge in [0.2, 0.25) is 0 Å². The molecule has 22 heavy (non-hydrogen) atoms. The van der Waals surface area contributed by atoms with Crippen molar-refractivity contribution in [3.05, 3.63) is 34.2 Å². The molecule has 0 radical (unpaired) electrons. The third kappa shape index (κ3) is 7.82. The predicted octanol–water partition coefficient (Wildman–Crippen LogP) is 2.52. The predicted molar refractivity (Wildman–Crippen MR) is 104 cm³/mol. The third-order valence-corrected chi connectivity index (χ3v) is 3.21. The molecule has 0 saturated heterocycles. The van der Waals surface area contributed by atoms with Crippen LogP contribution in [0.1, 0.15) is 38.8 Å². The molecule has 1 rings (SSSR count). The molecule has 5 nitrogen and oxygen atoms in total. The van der Waals surface area contributed by atoms with Gasteiger partial charge in [-0.15, -0.1) is 24.0 Å². The Hall–Kier alpha value is -1.05. The van der Waals surface area contributed by atoms with Gasteiger partial charge in [0.1, 0.15) is 0 Å². The summed E-state index contributed by atoms with van der Waals surface area (Å²) in [5.74, 6) is 0.882. The highest BCUT2D eigenvalue weighted by Gasteiger charge is 1.99. The maximum absolute atomic E-state index is 11.7. The van der Waals surface area contributed by atoms with E-state index in [4.69, 9.17) is 0 Å². The number of guanidine groups is 1. The second kappa shape index (κ2) is 12.5. The third-order valence-electron chi connectivity index (χ3n) is 3.21. The first kappa shape index (κ1) is 20.9. The van der Waals surface area contributed by atoms with Gasteiger partial charge >= 0.3 is 0 Å². The van der Waals surface area contributed by atoms with Crippen molar-refractivity contribution < 1.29 is 0 Å². The first-order valence-corrected chi connectivity index (χ1v) is 7.87. The normalized spacial score (nSPS) is 11.0. The number of nitrogens with zero attached hydrogens (tertiary/aromatic N) is 2. The van der Waals surface area contributed by atoms with Gasteiger partial charge in [-0.05, 0) is 39.2 Å². The molecule has 0 saturated carbocycles. The van der Waals surface area contributed by atoms with Crippen molar-refractivity contribution >= 4 is 29.9 Å². The average molecular weight is 420 g/mol. The lowest BCUT2D eigenvalue weighted by Gasteiger charge is -2.12. The fraction of sp³-hybridized carbons (Fsp3) is 0.625. The highest BCUT2D eigenvalue weighted by atomic mass is 127. The van der Waals surface area contributed by atoms with Crippen LogP contribution >= 0.6 is 24.0 Å². The quantitative estimate of drug-likeness (QED) is 0.294. The molecule has 0 aliphatic heterocycles. The van der Waals surface area contributed by atoms with Gasteiger partial charge in [0, 0.05) is 37.9 Å². The van der Waals surface area contributed by atoms with Crippen LogP contribution in [0.4, 0.5) is 0 Å². The van der Waals surface area contributed by atoms with Crippen LogP contribution in [0.5, 0.6) is 0 Å². The summed E-state index contributed by atoms with van der Waals surface area (Å²) in [6, 6.07) is 5.40. The van der Waals surface area contributed by atoms with E-state index in [1.807, 2.05) is 23.6 Å². The van der Waals surface area contributed by atoms with Crippen LogP contribution in [0.2, 0.25) is 0 Å². The monoisotopic (exact) mass is 420 g/mol. The van der Waals surface area contributed by atoms with Gasteiger partial charge < -0.3 is 15.2 Å². The SMILES string of the molecule is CCCN=C(NCC)NCCCCn1c(C)cccc1=O.I. The Bertz CT molecular complexity index is 499. The molecular formula is C16H29IN4O. The molecule has 0 atom stereocenters. The molecule has 0 bridgehead atoms. The largest absolute Gasteiger partial charge is 0.357 e. The summed E-state index contributed by atoms with van der Waals surface area (Å²) >= 11 is 0. The number of aromatic nitrogens is 1. The van der Waals surface area contributed by atoms with Gasteiger partial charge in [-0.1, -0.05) is 13.0 Å². The summed E-state index contributed by atoms with van der Waals surface area (Å²) in [5, 5.41) is 6.55. The first-order chi connectivity index (χ1) is 10.2. The summed E-state index contributed by atoms with van der Waals surface area (Å²) < 4.78 is 1.83. The standard InChI is InChI=1S/C16H28N4O.HI/c1-4-11-18-16(17-5-2)19-12-6-7-13-20-14(3)9-8-10-15(20)21;/h8-10H,4-7,11-13H2,1-3H3,(H2,17,18,19);1H. The number of rotatable bonds is 8. The molecule has 126 valence electrons.